The van der Waals surface area contributed by atoms with Gasteiger partial charge in [0, 0.05) is 18.8 Å². The molecule has 0 saturated carbocycles. The Bertz CT molecular complexity index is 392. The molecule has 0 bridgehead atoms. The Morgan fingerprint density at radius 1 is 1.39 bits per heavy atom. The van der Waals surface area contributed by atoms with Gasteiger partial charge in [-0.2, -0.15) is 0 Å². The lowest BCUT2D eigenvalue weighted by atomic mass is 10.1. The molecule has 1 atom stereocenters. The highest BCUT2D eigenvalue weighted by Crippen LogP contribution is 2.02. The molecular weight excluding hydrogens is 232 g/mol. The summed E-state index contributed by atoms with van der Waals surface area (Å²) >= 11 is 0. The second-order valence-electron chi connectivity index (χ2n) is 4.10. The Balaban J connectivity index is 2.39. The largest absolute Gasteiger partial charge is 0.480 e. The molecule has 0 unspecified atom stereocenters. The number of rotatable bonds is 7. The minimum absolute atomic E-state index is 0.229. The van der Waals surface area contributed by atoms with Crippen molar-refractivity contribution in [2.45, 2.75) is 38.6 Å². The smallest absolute Gasteiger partial charge is 0.326 e. The Morgan fingerprint density at radius 2 is 2.06 bits per heavy atom. The zero-order valence-electron chi connectivity index (χ0n) is 10.4. The van der Waals surface area contributed by atoms with Gasteiger partial charge in [-0.25, -0.2) is 4.79 Å². The molecule has 1 aromatic rings. The van der Waals surface area contributed by atoms with E-state index >= 15 is 0 Å². The van der Waals surface area contributed by atoms with Crippen LogP contribution in [0.1, 0.15) is 31.7 Å². The number of hydrogen-bond acceptors (Lipinski definition) is 3. The number of aliphatic carboxylic acids is 1. The van der Waals surface area contributed by atoms with Crippen LogP contribution in [0.25, 0.3) is 0 Å². The van der Waals surface area contributed by atoms with E-state index in [4.69, 9.17) is 5.11 Å². The number of pyridine rings is 1. The average Bonchev–Trinajstić information content (AvgIpc) is 2.37. The third-order valence-corrected chi connectivity index (χ3v) is 2.60. The molecule has 5 nitrogen and oxygen atoms in total. The van der Waals surface area contributed by atoms with Crippen LogP contribution in [0.15, 0.2) is 24.5 Å². The zero-order valence-corrected chi connectivity index (χ0v) is 10.4. The van der Waals surface area contributed by atoms with Crippen LogP contribution in [-0.4, -0.2) is 28.0 Å². The molecule has 0 saturated heterocycles. The molecule has 0 spiro atoms. The van der Waals surface area contributed by atoms with Crippen LogP contribution in [-0.2, 0) is 16.0 Å². The number of nitrogens with one attached hydrogen (secondary N) is 1. The number of nitrogens with zero attached hydrogens (tertiary/aromatic N) is 1. The second kappa shape index (κ2) is 7.42. The van der Waals surface area contributed by atoms with Crippen LogP contribution < -0.4 is 5.32 Å². The standard InChI is InChI=1S/C13H18N2O3/c1-2-3-11(13(17)18)15-12(16)5-4-10-6-8-14-9-7-10/h6-9,11H,2-5H2,1H3,(H,15,16)(H,17,18)/t11-/m1/s1. The monoisotopic (exact) mass is 250 g/mol. The van der Waals surface area contributed by atoms with E-state index in [-0.39, 0.29) is 12.3 Å². The fourth-order valence-corrected chi connectivity index (χ4v) is 1.62. The molecule has 1 rings (SSSR count). The molecule has 1 amide bonds. The molecular formula is C13H18N2O3. The van der Waals surface area contributed by atoms with Gasteiger partial charge in [0.2, 0.25) is 5.91 Å². The van der Waals surface area contributed by atoms with Gasteiger partial charge in [0.05, 0.1) is 0 Å². The van der Waals surface area contributed by atoms with E-state index in [9.17, 15) is 9.59 Å². The van der Waals surface area contributed by atoms with Gasteiger partial charge in [-0.3, -0.25) is 9.78 Å². The van der Waals surface area contributed by atoms with E-state index in [0.29, 0.717) is 12.8 Å². The third kappa shape index (κ3) is 4.95. The molecule has 98 valence electrons. The third-order valence-electron chi connectivity index (χ3n) is 2.60. The minimum atomic E-state index is -0.978. The van der Waals surface area contributed by atoms with Gasteiger partial charge >= 0.3 is 5.97 Å². The maximum atomic E-state index is 11.6. The molecule has 0 radical (unpaired) electrons. The van der Waals surface area contributed by atoms with Crippen molar-refractivity contribution in [3.05, 3.63) is 30.1 Å². The van der Waals surface area contributed by atoms with Crippen LogP contribution in [0.4, 0.5) is 0 Å². The van der Waals surface area contributed by atoms with Gasteiger partial charge in [-0.05, 0) is 30.5 Å². The normalized spacial score (nSPS) is 11.8. The van der Waals surface area contributed by atoms with Gasteiger partial charge in [0.15, 0.2) is 0 Å². The summed E-state index contributed by atoms with van der Waals surface area (Å²) in [4.78, 5) is 26.4. The summed E-state index contributed by atoms with van der Waals surface area (Å²) in [5, 5.41) is 11.4. The summed E-state index contributed by atoms with van der Waals surface area (Å²) in [5.74, 6) is -1.21. The van der Waals surface area contributed by atoms with Gasteiger partial charge in [0.1, 0.15) is 6.04 Å². The lowest BCUT2D eigenvalue weighted by molar-refractivity contribution is -0.142. The number of carbonyl (C=O) groups is 2. The maximum Gasteiger partial charge on any atom is 0.326 e. The number of hydrogen-bond donors (Lipinski definition) is 2. The molecule has 1 aromatic heterocycles. The number of aromatic nitrogens is 1. The van der Waals surface area contributed by atoms with Crippen molar-refractivity contribution in [3.8, 4) is 0 Å². The number of carbonyl (C=O) groups excluding carboxylic acids is 1. The van der Waals surface area contributed by atoms with Crippen molar-refractivity contribution in [1.29, 1.82) is 0 Å². The Labute approximate surface area is 106 Å². The highest BCUT2D eigenvalue weighted by Gasteiger charge is 2.18. The van der Waals surface area contributed by atoms with Crippen LogP contribution in [0.2, 0.25) is 0 Å². The predicted molar refractivity (Wildman–Crippen MR) is 67.0 cm³/mol. The lowest BCUT2D eigenvalue weighted by Crippen LogP contribution is -2.40. The van der Waals surface area contributed by atoms with E-state index in [0.717, 1.165) is 12.0 Å². The van der Waals surface area contributed by atoms with Gasteiger partial charge in [-0.15, -0.1) is 0 Å². The predicted octanol–water partition coefficient (Wildman–Crippen LogP) is 1.38. The van der Waals surface area contributed by atoms with E-state index in [1.165, 1.54) is 0 Å². The molecule has 0 aliphatic carbocycles. The van der Waals surface area contributed by atoms with E-state index in [2.05, 4.69) is 10.3 Å². The van der Waals surface area contributed by atoms with Crippen molar-refractivity contribution in [2.75, 3.05) is 0 Å². The summed E-state index contributed by atoms with van der Waals surface area (Å²) in [6.07, 6.45) is 5.40. The van der Waals surface area contributed by atoms with Gasteiger partial charge < -0.3 is 10.4 Å². The molecule has 0 aliphatic rings. The fourth-order valence-electron chi connectivity index (χ4n) is 1.62. The summed E-state index contributed by atoms with van der Waals surface area (Å²) < 4.78 is 0. The number of aryl methyl sites for hydroxylation is 1. The maximum absolute atomic E-state index is 11.6. The SMILES string of the molecule is CCC[C@@H](NC(=O)CCc1ccncc1)C(=O)O. The number of carboxylic acid groups (broad SMARTS) is 1. The molecule has 5 heteroatoms. The Hall–Kier alpha value is -1.91. The Morgan fingerprint density at radius 3 is 2.61 bits per heavy atom. The van der Waals surface area contributed by atoms with Crippen molar-refractivity contribution >= 4 is 11.9 Å². The van der Waals surface area contributed by atoms with Crippen molar-refractivity contribution in [3.63, 3.8) is 0 Å². The minimum Gasteiger partial charge on any atom is -0.480 e. The summed E-state index contributed by atoms with van der Waals surface area (Å²) in [5.41, 5.74) is 1.02. The molecule has 0 aromatic carbocycles. The van der Waals surface area contributed by atoms with E-state index < -0.39 is 12.0 Å². The van der Waals surface area contributed by atoms with Gasteiger partial charge in [0.25, 0.3) is 0 Å². The van der Waals surface area contributed by atoms with Crippen molar-refractivity contribution < 1.29 is 14.7 Å². The average molecular weight is 250 g/mol. The quantitative estimate of drug-likeness (QED) is 0.766. The first kappa shape index (κ1) is 14.2. The first-order valence-electron chi connectivity index (χ1n) is 6.04. The van der Waals surface area contributed by atoms with Crippen LogP contribution in [0.3, 0.4) is 0 Å². The van der Waals surface area contributed by atoms with E-state index in [1.807, 2.05) is 19.1 Å². The summed E-state index contributed by atoms with van der Waals surface area (Å²) in [7, 11) is 0. The highest BCUT2D eigenvalue weighted by molar-refractivity contribution is 5.83. The molecule has 2 N–H and O–H groups in total. The first-order valence-corrected chi connectivity index (χ1v) is 6.04. The number of carboxylic acids is 1. The topological polar surface area (TPSA) is 79.3 Å². The fraction of sp³-hybridized carbons (Fsp3) is 0.462. The summed E-state index contributed by atoms with van der Waals surface area (Å²) in [6, 6.07) is 2.90. The molecule has 0 fully saturated rings. The van der Waals surface area contributed by atoms with Crippen LogP contribution in [0, 0.1) is 0 Å². The molecule has 18 heavy (non-hydrogen) atoms. The van der Waals surface area contributed by atoms with Crippen LogP contribution >= 0.6 is 0 Å². The van der Waals surface area contributed by atoms with E-state index in [1.54, 1.807) is 12.4 Å². The second-order valence-corrected chi connectivity index (χ2v) is 4.10. The van der Waals surface area contributed by atoms with Crippen molar-refractivity contribution in [1.82, 2.24) is 10.3 Å². The van der Waals surface area contributed by atoms with Crippen LogP contribution in [0.5, 0.6) is 0 Å². The summed E-state index contributed by atoms with van der Waals surface area (Å²) in [6.45, 7) is 1.89. The Kier molecular flexibility index (Phi) is 5.84. The molecule has 1 heterocycles. The number of amides is 1. The highest BCUT2D eigenvalue weighted by atomic mass is 16.4. The van der Waals surface area contributed by atoms with Crippen molar-refractivity contribution in [2.24, 2.45) is 0 Å². The first-order chi connectivity index (χ1) is 8.63. The van der Waals surface area contributed by atoms with Gasteiger partial charge in [-0.1, -0.05) is 13.3 Å². The zero-order chi connectivity index (χ0) is 13.4. The molecule has 0 aliphatic heterocycles. The lowest BCUT2D eigenvalue weighted by Gasteiger charge is -2.13.